The van der Waals surface area contributed by atoms with E-state index in [1.807, 2.05) is 23.9 Å². The summed E-state index contributed by atoms with van der Waals surface area (Å²) < 4.78 is 7.25. The maximum absolute atomic E-state index is 5.28. The van der Waals surface area contributed by atoms with Crippen molar-refractivity contribution < 1.29 is 4.42 Å². The minimum absolute atomic E-state index is 0.0416. The van der Waals surface area contributed by atoms with Gasteiger partial charge in [-0.1, -0.05) is 6.92 Å². The quantitative estimate of drug-likeness (QED) is 0.858. The van der Waals surface area contributed by atoms with Crippen molar-refractivity contribution in [2.24, 2.45) is 0 Å². The first kappa shape index (κ1) is 11.9. The Morgan fingerprint density at radius 2 is 2.29 bits per heavy atom. The number of oxazole rings is 1. The van der Waals surface area contributed by atoms with Crippen molar-refractivity contribution in [3.8, 4) is 0 Å². The van der Waals surface area contributed by atoms with Gasteiger partial charge in [-0.25, -0.2) is 4.98 Å². The number of nitrogens with zero attached hydrogens (tertiary/aromatic N) is 3. The first-order chi connectivity index (χ1) is 8.26. The van der Waals surface area contributed by atoms with Gasteiger partial charge in [0.1, 0.15) is 12.0 Å². The molecule has 2 aromatic heterocycles. The fourth-order valence-electron chi connectivity index (χ4n) is 1.93. The van der Waals surface area contributed by atoms with Crippen molar-refractivity contribution in [1.29, 1.82) is 0 Å². The normalized spacial score (nSPS) is 12.9. The van der Waals surface area contributed by atoms with Gasteiger partial charge < -0.3 is 9.73 Å². The van der Waals surface area contributed by atoms with Crippen LogP contribution in [0.25, 0.3) is 0 Å². The van der Waals surface area contributed by atoms with Crippen molar-refractivity contribution in [3.63, 3.8) is 0 Å². The van der Waals surface area contributed by atoms with Gasteiger partial charge in [-0.15, -0.1) is 0 Å². The van der Waals surface area contributed by atoms with E-state index in [2.05, 4.69) is 29.2 Å². The molecule has 1 N–H and O–H groups in total. The molecule has 5 nitrogen and oxygen atoms in total. The standard InChI is InChI=1S/C12H18N4O/c1-4-13-12(10-8-17-9(3)15-10)11-6-7-14-16(11)5-2/h6-8,12-13H,4-5H2,1-3H3. The smallest absolute Gasteiger partial charge is 0.191 e. The molecule has 1 atom stereocenters. The summed E-state index contributed by atoms with van der Waals surface area (Å²) in [5.74, 6) is 0.686. The van der Waals surface area contributed by atoms with Crippen LogP contribution in [0.5, 0.6) is 0 Å². The van der Waals surface area contributed by atoms with Gasteiger partial charge >= 0.3 is 0 Å². The molecule has 2 heterocycles. The summed E-state index contributed by atoms with van der Waals surface area (Å²) in [6.07, 6.45) is 3.52. The van der Waals surface area contributed by atoms with Gasteiger partial charge in [-0.05, 0) is 19.5 Å². The third-order valence-electron chi connectivity index (χ3n) is 2.69. The van der Waals surface area contributed by atoms with E-state index in [4.69, 9.17) is 4.42 Å². The molecule has 17 heavy (non-hydrogen) atoms. The van der Waals surface area contributed by atoms with Crippen molar-refractivity contribution in [1.82, 2.24) is 20.1 Å². The summed E-state index contributed by atoms with van der Waals surface area (Å²) in [7, 11) is 0. The van der Waals surface area contributed by atoms with E-state index in [1.54, 1.807) is 6.26 Å². The number of hydrogen-bond acceptors (Lipinski definition) is 4. The third-order valence-corrected chi connectivity index (χ3v) is 2.69. The molecule has 0 aromatic carbocycles. The third kappa shape index (κ3) is 2.39. The predicted molar refractivity (Wildman–Crippen MR) is 64.7 cm³/mol. The van der Waals surface area contributed by atoms with Crippen LogP contribution in [0.1, 0.15) is 37.2 Å². The van der Waals surface area contributed by atoms with E-state index in [-0.39, 0.29) is 6.04 Å². The Balaban J connectivity index is 2.35. The predicted octanol–water partition coefficient (Wildman–Crippen LogP) is 1.90. The minimum atomic E-state index is 0.0416. The molecule has 0 radical (unpaired) electrons. The Labute approximate surface area is 101 Å². The van der Waals surface area contributed by atoms with E-state index in [0.29, 0.717) is 5.89 Å². The molecular formula is C12H18N4O. The Morgan fingerprint density at radius 1 is 1.47 bits per heavy atom. The zero-order valence-electron chi connectivity index (χ0n) is 10.5. The van der Waals surface area contributed by atoms with Gasteiger partial charge in [-0.2, -0.15) is 5.10 Å². The van der Waals surface area contributed by atoms with Crippen LogP contribution in [0.4, 0.5) is 0 Å². The Hall–Kier alpha value is -1.62. The Kier molecular flexibility index (Phi) is 3.58. The lowest BCUT2D eigenvalue weighted by atomic mass is 10.1. The maximum Gasteiger partial charge on any atom is 0.191 e. The van der Waals surface area contributed by atoms with Gasteiger partial charge in [0.25, 0.3) is 0 Å². The van der Waals surface area contributed by atoms with Crippen LogP contribution in [0, 0.1) is 6.92 Å². The second-order valence-electron chi connectivity index (χ2n) is 3.85. The second kappa shape index (κ2) is 5.14. The topological polar surface area (TPSA) is 55.9 Å². The molecule has 0 fully saturated rings. The van der Waals surface area contributed by atoms with Crippen LogP contribution in [0.3, 0.4) is 0 Å². The lowest BCUT2D eigenvalue weighted by molar-refractivity contribution is 0.512. The van der Waals surface area contributed by atoms with E-state index >= 15 is 0 Å². The monoisotopic (exact) mass is 234 g/mol. The van der Waals surface area contributed by atoms with Gasteiger partial charge in [0.05, 0.1) is 11.7 Å². The van der Waals surface area contributed by atoms with E-state index < -0.39 is 0 Å². The Morgan fingerprint density at radius 3 is 2.88 bits per heavy atom. The summed E-state index contributed by atoms with van der Waals surface area (Å²) in [5.41, 5.74) is 2.02. The van der Waals surface area contributed by atoms with Crippen molar-refractivity contribution in [2.75, 3.05) is 6.54 Å². The summed E-state index contributed by atoms with van der Waals surface area (Å²) in [6.45, 7) is 7.72. The molecule has 0 aliphatic carbocycles. The van der Waals surface area contributed by atoms with Crippen LogP contribution in [0.2, 0.25) is 0 Å². The minimum Gasteiger partial charge on any atom is -0.449 e. The van der Waals surface area contributed by atoms with Crippen molar-refractivity contribution in [3.05, 3.63) is 35.8 Å². The summed E-state index contributed by atoms with van der Waals surface area (Å²) >= 11 is 0. The SMILES string of the molecule is CCNC(c1coc(C)n1)c1ccnn1CC. The van der Waals surface area contributed by atoms with Gasteiger partial charge in [0.15, 0.2) is 5.89 Å². The number of aryl methyl sites for hydroxylation is 2. The van der Waals surface area contributed by atoms with E-state index in [9.17, 15) is 0 Å². The van der Waals surface area contributed by atoms with E-state index in [0.717, 1.165) is 24.5 Å². The number of aromatic nitrogens is 3. The molecule has 0 amide bonds. The van der Waals surface area contributed by atoms with Crippen molar-refractivity contribution in [2.45, 2.75) is 33.4 Å². The van der Waals surface area contributed by atoms with Gasteiger partial charge in [0, 0.05) is 19.7 Å². The number of rotatable bonds is 5. The molecule has 0 aliphatic rings. The Bertz CT molecular complexity index is 474. The fraction of sp³-hybridized carbons (Fsp3) is 0.500. The first-order valence-electron chi connectivity index (χ1n) is 5.93. The number of hydrogen-bond donors (Lipinski definition) is 1. The van der Waals surface area contributed by atoms with Crippen LogP contribution in [0.15, 0.2) is 22.9 Å². The summed E-state index contributed by atoms with van der Waals surface area (Å²) in [5, 5.41) is 7.69. The lowest BCUT2D eigenvalue weighted by Gasteiger charge is -2.16. The average molecular weight is 234 g/mol. The summed E-state index contributed by atoms with van der Waals surface area (Å²) in [4.78, 5) is 4.39. The van der Waals surface area contributed by atoms with E-state index in [1.165, 1.54) is 0 Å². The molecule has 0 saturated carbocycles. The van der Waals surface area contributed by atoms with Crippen LogP contribution in [-0.2, 0) is 6.54 Å². The fourth-order valence-corrected chi connectivity index (χ4v) is 1.93. The highest BCUT2D eigenvalue weighted by Gasteiger charge is 2.19. The largest absolute Gasteiger partial charge is 0.449 e. The highest BCUT2D eigenvalue weighted by molar-refractivity contribution is 5.19. The molecule has 2 rings (SSSR count). The first-order valence-corrected chi connectivity index (χ1v) is 5.93. The molecule has 0 aliphatic heterocycles. The maximum atomic E-state index is 5.28. The second-order valence-corrected chi connectivity index (χ2v) is 3.85. The van der Waals surface area contributed by atoms with Gasteiger partial charge in [-0.3, -0.25) is 4.68 Å². The summed E-state index contributed by atoms with van der Waals surface area (Å²) in [6, 6.07) is 2.06. The average Bonchev–Trinajstić information content (AvgIpc) is 2.94. The zero-order chi connectivity index (χ0) is 12.3. The molecule has 5 heteroatoms. The highest BCUT2D eigenvalue weighted by Crippen LogP contribution is 2.21. The van der Waals surface area contributed by atoms with Gasteiger partial charge in [0.2, 0.25) is 0 Å². The van der Waals surface area contributed by atoms with Crippen LogP contribution in [-0.4, -0.2) is 21.3 Å². The molecule has 0 spiro atoms. The molecule has 1 unspecified atom stereocenters. The lowest BCUT2D eigenvalue weighted by Crippen LogP contribution is -2.25. The molecule has 2 aromatic rings. The highest BCUT2D eigenvalue weighted by atomic mass is 16.3. The number of nitrogens with one attached hydrogen (secondary N) is 1. The zero-order valence-corrected chi connectivity index (χ0v) is 10.5. The molecule has 0 bridgehead atoms. The molecule has 0 saturated heterocycles. The van der Waals surface area contributed by atoms with Crippen LogP contribution < -0.4 is 5.32 Å². The van der Waals surface area contributed by atoms with Crippen LogP contribution >= 0.6 is 0 Å². The van der Waals surface area contributed by atoms with Crippen molar-refractivity contribution >= 4 is 0 Å². The molecule has 92 valence electrons. The molecular weight excluding hydrogens is 216 g/mol.